The molecule has 106 valence electrons. The Morgan fingerprint density at radius 3 is 2.70 bits per heavy atom. The number of allylic oxidation sites excluding steroid dienone is 1. The first-order valence-electron chi connectivity index (χ1n) is 6.36. The third kappa shape index (κ3) is 5.60. The van der Waals surface area contributed by atoms with Crippen molar-refractivity contribution in [2.24, 2.45) is 4.40 Å². The van der Waals surface area contributed by atoms with Gasteiger partial charge in [0.15, 0.2) is 0 Å². The van der Waals surface area contributed by atoms with E-state index in [0.717, 1.165) is 16.8 Å². The molecule has 0 amide bonds. The molecule has 0 aromatic carbocycles. The van der Waals surface area contributed by atoms with E-state index in [0.29, 0.717) is 0 Å². The number of pyridine rings is 1. The minimum atomic E-state index is -1.23. The van der Waals surface area contributed by atoms with Crippen LogP contribution < -0.4 is 0 Å². The summed E-state index contributed by atoms with van der Waals surface area (Å²) < 4.78 is 15.7. The standard InChI is InChI=1S/C16H20N2OS/c1-6-7-14-10-15(12-17-11-14)9-8-13(2)18-20(19)16(3,4)5/h8-12H,1-5H3/t20-/m1/s1. The number of rotatable bonds is 3. The Bertz CT molecular complexity index is 574. The van der Waals surface area contributed by atoms with E-state index < -0.39 is 11.4 Å². The Hall–Kier alpha value is -1.57. The lowest BCUT2D eigenvalue weighted by Gasteiger charge is -2.18. The molecule has 1 heterocycles. The average Bonchev–Trinajstić information content (AvgIpc) is 2.36. The van der Waals surface area contributed by atoms with Crippen LogP contribution in [-0.4, -0.2) is 20.0 Å². The molecule has 0 spiro atoms. The quantitative estimate of drug-likeness (QED) is 0.486. The Morgan fingerprint density at radius 1 is 1.40 bits per heavy atom. The lowest BCUT2D eigenvalue weighted by atomic mass is 10.2. The molecule has 0 aliphatic rings. The van der Waals surface area contributed by atoms with Crippen LogP contribution in [0.3, 0.4) is 0 Å². The first-order valence-corrected chi connectivity index (χ1v) is 7.47. The summed E-state index contributed by atoms with van der Waals surface area (Å²) in [5.41, 5.74) is 2.55. The second-order valence-electron chi connectivity index (χ2n) is 5.31. The summed E-state index contributed by atoms with van der Waals surface area (Å²) in [4.78, 5) is 4.13. The van der Waals surface area contributed by atoms with Gasteiger partial charge in [0, 0.05) is 18.0 Å². The van der Waals surface area contributed by atoms with Crippen molar-refractivity contribution in [3.8, 4) is 11.8 Å². The molecule has 0 bridgehead atoms. The van der Waals surface area contributed by atoms with Crippen molar-refractivity contribution < 1.29 is 4.55 Å². The molecule has 0 fully saturated rings. The highest BCUT2D eigenvalue weighted by atomic mass is 32.2. The summed E-state index contributed by atoms with van der Waals surface area (Å²) in [6.45, 7) is 9.34. The molecule has 0 aliphatic carbocycles. The Morgan fingerprint density at radius 2 is 2.10 bits per heavy atom. The van der Waals surface area contributed by atoms with E-state index >= 15 is 0 Å². The van der Waals surface area contributed by atoms with Crippen molar-refractivity contribution in [3.63, 3.8) is 0 Å². The third-order valence-corrected chi connectivity index (χ3v) is 3.80. The van der Waals surface area contributed by atoms with Crippen LogP contribution in [0.1, 0.15) is 45.7 Å². The van der Waals surface area contributed by atoms with E-state index in [4.69, 9.17) is 0 Å². The van der Waals surface area contributed by atoms with Gasteiger partial charge in [-0.25, -0.2) is 0 Å². The van der Waals surface area contributed by atoms with Crippen LogP contribution >= 0.6 is 0 Å². The average molecular weight is 288 g/mol. The molecular weight excluding hydrogens is 268 g/mol. The minimum Gasteiger partial charge on any atom is -0.591 e. The van der Waals surface area contributed by atoms with Gasteiger partial charge < -0.3 is 4.55 Å². The van der Waals surface area contributed by atoms with E-state index in [9.17, 15) is 4.55 Å². The Kier molecular flexibility index (Phi) is 6.00. The molecule has 0 radical (unpaired) electrons. The zero-order valence-corrected chi connectivity index (χ0v) is 13.4. The zero-order chi connectivity index (χ0) is 15.2. The molecule has 0 N–H and O–H groups in total. The van der Waals surface area contributed by atoms with Crippen molar-refractivity contribution >= 4 is 23.1 Å². The molecule has 1 aromatic heterocycles. The van der Waals surface area contributed by atoms with Gasteiger partial charge in [-0.3, -0.25) is 4.98 Å². The van der Waals surface area contributed by atoms with Crippen LogP contribution in [0, 0.1) is 11.8 Å². The maximum absolute atomic E-state index is 11.9. The molecule has 0 saturated heterocycles. The van der Waals surface area contributed by atoms with Gasteiger partial charge >= 0.3 is 0 Å². The first kappa shape index (κ1) is 16.5. The predicted molar refractivity (Wildman–Crippen MR) is 86.8 cm³/mol. The van der Waals surface area contributed by atoms with E-state index in [1.165, 1.54) is 0 Å². The fourth-order valence-electron chi connectivity index (χ4n) is 1.28. The molecule has 1 rings (SSSR count). The molecule has 1 atom stereocenters. The van der Waals surface area contributed by atoms with Crippen LogP contribution in [0.2, 0.25) is 0 Å². The SMILES string of the molecule is CC#Cc1cncc(C=CC(C)=N[S@+]([O-])C(C)(C)C)c1. The molecule has 3 nitrogen and oxygen atoms in total. The maximum atomic E-state index is 11.9. The first-order chi connectivity index (χ1) is 9.32. The maximum Gasteiger partial charge on any atom is 0.144 e. The monoisotopic (exact) mass is 288 g/mol. The Labute approximate surface area is 124 Å². The number of nitrogens with zero attached hydrogens (tertiary/aromatic N) is 2. The van der Waals surface area contributed by atoms with Gasteiger partial charge in [0.2, 0.25) is 0 Å². The van der Waals surface area contributed by atoms with Gasteiger partial charge in [-0.2, -0.15) is 0 Å². The van der Waals surface area contributed by atoms with Gasteiger partial charge in [-0.1, -0.05) is 16.4 Å². The summed E-state index contributed by atoms with van der Waals surface area (Å²) in [7, 11) is 0. The smallest absolute Gasteiger partial charge is 0.144 e. The van der Waals surface area contributed by atoms with Crippen LogP contribution in [0.5, 0.6) is 0 Å². The largest absolute Gasteiger partial charge is 0.591 e. The summed E-state index contributed by atoms with van der Waals surface area (Å²) >= 11 is -1.23. The summed E-state index contributed by atoms with van der Waals surface area (Å²) in [5.74, 6) is 5.80. The lowest BCUT2D eigenvalue weighted by Crippen LogP contribution is -2.26. The van der Waals surface area contributed by atoms with Crippen LogP contribution in [0.4, 0.5) is 0 Å². The fourth-order valence-corrected chi connectivity index (χ4v) is 1.87. The van der Waals surface area contributed by atoms with Crippen molar-refractivity contribution in [2.75, 3.05) is 0 Å². The molecule has 0 unspecified atom stereocenters. The van der Waals surface area contributed by atoms with Crippen molar-refractivity contribution in [2.45, 2.75) is 39.4 Å². The number of hydrogen-bond donors (Lipinski definition) is 0. The second kappa shape index (κ2) is 7.28. The molecule has 1 aromatic rings. The molecular formula is C16H20N2OS. The molecule has 20 heavy (non-hydrogen) atoms. The second-order valence-corrected chi connectivity index (χ2v) is 7.22. The highest BCUT2D eigenvalue weighted by Gasteiger charge is 2.26. The van der Waals surface area contributed by atoms with Crippen molar-refractivity contribution in [1.29, 1.82) is 0 Å². The summed E-state index contributed by atoms with van der Waals surface area (Å²) in [6, 6.07) is 1.95. The Balaban J connectivity index is 2.84. The highest BCUT2D eigenvalue weighted by Crippen LogP contribution is 2.17. The molecule has 4 heteroatoms. The van der Waals surface area contributed by atoms with Gasteiger partial charge in [-0.05, 0) is 52.3 Å². The number of hydrogen-bond acceptors (Lipinski definition) is 3. The summed E-state index contributed by atoms with van der Waals surface area (Å²) in [6.07, 6.45) is 7.21. The van der Waals surface area contributed by atoms with Gasteiger partial charge in [0.1, 0.15) is 16.1 Å². The van der Waals surface area contributed by atoms with Gasteiger partial charge in [0.05, 0.1) is 5.71 Å². The molecule has 0 saturated carbocycles. The van der Waals surface area contributed by atoms with Crippen molar-refractivity contribution in [1.82, 2.24) is 4.98 Å². The normalized spacial score (nSPS) is 14.0. The van der Waals surface area contributed by atoms with Crippen molar-refractivity contribution in [3.05, 3.63) is 35.7 Å². The van der Waals surface area contributed by atoms with E-state index in [1.807, 2.05) is 45.9 Å². The molecule has 0 aliphatic heterocycles. The van der Waals surface area contributed by atoms with Gasteiger partial charge in [0.25, 0.3) is 0 Å². The van der Waals surface area contributed by atoms with Crippen LogP contribution in [0.15, 0.2) is 28.9 Å². The summed E-state index contributed by atoms with van der Waals surface area (Å²) in [5, 5.41) is 0. The number of aromatic nitrogens is 1. The van der Waals surface area contributed by atoms with E-state index in [2.05, 4.69) is 21.2 Å². The zero-order valence-electron chi connectivity index (χ0n) is 12.6. The third-order valence-electron chi connectivity index (χ3n) is 2.30. The highest BCUT2D eigenvalue weighted by molar-refractivity contribution is 7.91. The van der Waals surface area contributed by atoms with E-state index in [1.54, 1.807) is 19.3 Å². The predicted octanol–water partition coefficient (Wildman–Crippen LogP) is 3.39. The van der Waals surface area contributed by atoms with Gasteiger partial charge in [-0.15, -0.1) is 5.92 Å². The lowest BCUT2D eigenvalue weighted by molar-refractivity contribution is 0.561. The minimum absolute atomic E-state index is 0.340. The fraction of sp³-hybridized carbons (Fsp3) is 0.375. The topological polar surface area (TPSA) is 48.3 Å². The van der Waals surface area contributed by atoms with Crippen LogP contribution in [0.25, 0.3) is 6.08 Å². The van der Waals surface area contributed by atoms with Crippen LogP contribution in [-0.2, 0) is 11.4 Å². The van der Waals surface area contributed by atoms with E-state index in [-0.39, 0.29) is 4.75 Å².